The molecule has 0 fully saturated rings. The van der Waals surface area contributed by atoms with Crippen LogP contribution in [0.3, 0.4) is 0 Å². The molecule has 0 radical (unpaired) electrons. The monoisotopic (exact) mass is 195 g/mol. The van der Waals surface area contributed by atoms with Crippen LogP contribution in [0.2, 0.25) is 0 Å². The summed E-state index contributed by atoms with van der Waals surface area (Å²) in [7, 11) is 0. The predicted octanol–water partition coefficient (Wildman–Crippen LogP) is 1.92. The molecule has 1 rings (SSSR count). The van der Waals surface area contributed by atoms with Crippen molar-refractivity contribution in [2.24, 2.45) is 0 Å². The molecule has 0 bridgehead atoms. The van der Waals surface area contributed by atoms with E-state index in [1.54, 1.807) is 4.57 Å². The van der Waals surface area contributed by atoms with E-state index in [0.29, 0.717) is 24.3 Å². The summed E-state index contributed by atoms with van der Waals surface area (Å²) >= 11 is 0. The SMILES string of the molecule is Cc1c(C#N)c(N)n(CCCF)c1C. The number of nitriles is 1. The summed E-state index contributed by atoms with van der Waals surface area (Å²) in [6, 6.07) is 2.06. The number of nitrogens with zero attached hydrogens (tertiary/aromatic N) is 2. The van der Waals surface area contributed by atoms with E-state index >= 15 is 0 Å². The van der Waals surface area contributed by atoms with Crippen LogP contribution in [0.5, 0.6) is 0 Å². The van der Waals surface area contributed by atoms with Crippen molar-refractivity contribution in [1.29, 1.82) is 5.26 Å². The molecule has 4 heteroatoms. The van der Waals surface area contributed by atoms with Gasteiger partial charge in [0.15, 0.2) is 0 Å². The summed E-state index contributed by atoms with van der Waals surface area (Å²) in [5.41, 5.74) is 8.13. The molecular weight excluding hydrogens is 181 g/mol. The van der Waals surface area contributed by atoms with Crippen LogP contribution in [0, 0.1) is 25.2 Å². The number of nitrogen functional groups attached to an aromatic ring is 1. The van der Waals surface area contributed by atoms with Crippen LogP contribution in [0.1, 0.15) is 23.2 Å². The van der Waals surface area contributed by atoms with E-state index in [-0.39, 0.29) is 6.67 Å². The fraction of sp³-hybridized carbons (Fsp3) is 0.500. The molecule has 76 valence electrons. The Hall–Kier alpha value is -1.50. The van der Waals surface area contributed by atoms with Crippen LogP contribution >= 0.6 is 0 Å². The quantitative estimate of drug-likeness (QED) is 0.801. The number of alkyl halides is 1. The van der Waals surface area contributed by atoms with Gasteiger partial charge in [0.05, 0.1) is 12.2 Å². The second kappa shape index (κ2) is 4.14. The Kier molecular flexibility index (Phi) is 3.13. The molecule has 0 amide bonds. The van der Waals surface area contributed by atoms with Crippen molar-refractivity contribution in [3.05, 3.63) is 16.8 Å². The van der Waals surface area contributed by atoms with Gasteiger partial charge in [0.25, 0.3) is 0 Å². The van der Waals surface area contributed by atoms with Crippen molar-refractivity contribution in [2.75, 3.05) is 12.4 Å². The zero-order valence-electron chi connectivity index (χ0n) is 8.47. The lowest BCUT2D eigenvalue weighted by atomic mass is 10.2. The van der Waals surface area contributed by atoms with E-state index in [1.165, 1.54) is 0 Å². The van der Waals surface area contributed by atoms with Crippen molar-refractivity contribution in [1.82, 2.24) is 4.57 Å². The van der Waals surface area contributed by atoms with Gasteiger partial charge in [-0.1, -0.05) is 0 Å². The lowest BCUT2D eigenvalue weighted by molar-refractivity contribution is 0.446. The molecule has 0 saturated carbocycles. The third kappa shape index (κ3) is 1.58. The van der Waals surface area contributed by atoms with Gasteiger partial charge in [0.2, 0.25) is 0 Å². The Morgan fingerprint density at radius 1 is 1.50 bits per heavy atom. The molecule has 1 heterocycles. The summed E-state index contributed by atoms with van der Waals surface area (Å²) in [6.07, 6.45) is 0.435. The number of halogens is 1. The highest BCUT2D eigenvalue weighted by molar-refractivity contribution is 5.57. The van der Waals surface area contributed by atoms with E-state index in [0.717, 1.165) is 11.3 Å². The third-order valence-electron chi connectivity index (χ3n) is 2.50. The predicted molar refractivity (Wildman–Crippen MR) is 53.6 cm³/mol. The molecule has 0 aliphatic rings. The van der Waals surface area contributed by atoms with Crippen LogP contribution in [0.25, 0.3) is 0 Å². The lowest BCUT2D eigenvalue weighted by Gasteiger charge is -2.06. The number of nitrogens with two attached hydrogens (primary N) is 1. The van der Waals surface area contributed by atoms with Gasteiger partial charge in [0, 0.05) is 12.2 Å². The summed E-state index contributed by atoms with van der Waals surface area (Å²) < 4.78 is 13.8. The van der Waals surface area contributed by atoms with Crippen molar-refractivity contribution >= 4 is 5.82 Å². The second-order valence-corrected chi connectivity index (χ2v) is 3.28. The first-order valence-electron chi connectivity index (χ1n) is 4.54. The van der Waals surface area contributed by atoms with E-state index in [9.17, 15) is 4.39 Å². The van der Waals surface area contributed by atoms with Crippen LogP contribution in [-0.4, -0.2) is 11.2 Å². The summed E-state index contributed by atoms with van der Waals surface area (Å²) in [5.74, 6) is 0.455. The van der Waals surface area contributed by atoms with Gasteiger partial charge >= 0.3 is 0 Å². The minimum Gasteiger partial charge on any atom is -0.384 e. The molecule has 0 atom stereocenters. The van der Waals surface area contributed by atoms with E-state index < -0.39 is 0 Å². The molecule has 1 aromatic rings. The molecule has 0 aliphatic heterocycles. The highest BCUT2D eigenvalue weighted by Crippen LogP contribution is 2.23. The first kappa shape index (κ1) is 10.6. The number of hydrogen-bond acceptors (Lipinski definition) is 2. The minimum absolute atomic E-state index is 0.363. The Balaban J connectivity index is 3.12. The molecule has 0 unspecified atom stereocenters. The first-order valence-corrected chi connectivity index (χ1v) is 4.54. The van der Waals surface area contributed by atoms with Crippen molar-refractivity contribution in [3.63, 3.8) is 0 Å². The Morgan fingerprint density at radius 3 is 2.57 bits per heavy atom. The van der Waals surface area contributed by atoms with E-state index in [4.69, 9.17) is 11.0 Å². The highest BCUT2D eigenvalue weighted by Gasteiger charge is 2.14. The van der Waals surface area contributed by atoms with E-state index in [2.05, 4.69) is 6.07 Å². The van der Waals surface area contributed by atoms with Crippen LogP contribution in [0.15, 0.2) is 0 Å². The lowest BCUT2D eigenvalue weighted by Crippen LogP contribution is -2.05. The molecule has 0 saturated heterocycles. The van der Waals surface area contributed by atoms with Crippen molar-refractivity contribution in [2.45, 2.75) is 26.8 Å². The number of rotatable bonds is 3. The zero-order chi connectivity index (χ0) is 10.7. The standard InChI is InChI=1S/C10H14FN3/c1-7-8(2)14(5-3-4-11)10(13)9(7)6-12/h3-5,13H2,1-2H3. The fourth-order valence-electron chi connectivity index (χ4n) is 1.54. The van der Waals surface area contributed by atoms with Gasteiger partial charge in [-0.2, -0.15) is 5.26 Å². The largest absolute Gasteiger partial charge is 0.384 e. The molecule has 0 aromatic carbocycles. The molecular formula is C10H14FN3. The first-order chi connectivity index (χ1) is 6.63. The van der Waals surface area contributed by atoms with Gasteiger partial charge in [-0.3, -0.25) is 4.39 Å². The Morgan fingerprint density at radius 2 is 2.14 bits per heavy atom. The summed E-state index contributed by atoms with van der Waals surface area (Å²) in [5, 5.41) is 8.85. The molecule has 2 N–H and O–H groups in total. The van der Waals surface area contributed by atoms with Gasteiger partial charge in [-0.25, -0.2) is 0 Å². The van der Waals surface area contributed by atoms with Gasteiger partial charge in [0.1, 0.15) is 11.9 Å². The van der Waals surface area contributed by atoms with Crippen molar-refractivity contribution in [3.8, 4) is 6.07 Å². The van der Waals surface area contributed by atoms with Crippen LogP contribution < -0.4 is 5.73 Å². The highest BCUT2D eigenvalue weighted by atomic mass is 19.1. The minimum atomic E-state index is -0.363. The van der Waals surface area contributed by atoms with Gasteiger partial charge < -0.3 is 10.3 Å². The smallest absolute Gasteiger partial charge is 0.122 e. The molecule has 0 spiro atoms. The molecule has 1 aromatic heterocycles. The Labute approximate surface area is 82.9 Å². The number of hydrogen-bond donors (Lipinski definition) is 1. The fourth-order valence-corrected chi connectivity index (χ4v) is 1.54. The molecule has 3 nitrogen and oxygen atoms in total. The maximum atomic E-state index is 12.0. The van der Waals surface area contributed by atoms with Crippen molar-refractivity contribution < 1.29 is 4.39 Å². The topological polar surface area (TPSA) is 54.7 Å². The Bertz CT molecular complexity index is 374. The van der Waals surface area contributed by atoms with Crippen LogP contribution in [-0.2, 0) is 6.54 Å². The maximum absolute atomic E-state index is 12.0. The zero-order valence-corrected chi connectivity index (χ0v) is 8.47. The summed E-state index contributed by atoms with van der Waals surface area (Å²) in [6.45, 7) is 3.93. The second-order valence-electron chi connectivity index (χ2n) is 3.28. The van der Waals surface area contributed by atoms with Crippen LogP contribution in [0.4, 0.5) is 10.2 Å². The number of aromatic nitrogens is 1. The average molecular weight is 195 g/mol. The third-order valence-corrected chi connectivity index (χ3v) is 2.50. The molecule has 14 heavy (non-hydrogen) atoms. The van der Waals surface area contributed by atoms with E-state index in [1.807, 2.05) is 13.8 Å². The molecule has 0 aliphatic carbocycles. The maximum Gasteiger partial charge on any atom is 0.122 e. The average Bonchev–Trinajstić information content (AvgIpc) is 2.37. The van der Waals surface area contributed by atoms with Gasteiger partial charge in [-0.05, 0) is 25.8 Å². The van der Waals surface area contributed by atoms with Gasteiger partial charge in [-0.15, -0.1) is 0 Å². The summed E-state index contributed by atoms with van der Waals surface area (Å²) in [4.78, 5) is 0. The normalized spacial score (nSPS) is 10.1. The number of anilines is 1.